The summed E-state index contributed by atoms with van der Waals surface area (Å²) in [6.45, 7) is 0. The summed E-state index contributed by atoms with van der Waals surface area (Å²) in [6.07, 6.45) is 0. The number of hydrogen-bond acceptors (Lipinski definition) is 5. The van der Waals surface area contributed by atoms with Gasteiger partial charge in [0, 0.05) is 47.6 Å². The van der Waals surface area contributed by atoms with Crippen LogP contribution in [0.15, 0.2) is 229 Å². The van der Waals surface area contributed by atoms with E-state index < -0.39 is 5.41 Å². The van der Waals surface area contributed by atoms with Crippen molar-refractivity contribution in [1.29, 1.82) is 0 Å². The smallest absolute Gasteiger partial charge is 0.164 e. The molecule has 69 heavy (non-hydrogen) atoms. The third kappa shape index (κ3) is 5.59. The van der Waals surface area contributed by atoms with Crippen molar-refractivity contribution in [1.82, 2.24) is 15.0 Å². The minimum Gasteiger partial charge on any atom is -0.456 e. The monoisotopic (exact) mass is 895 g/mol. The van der Waals surface area contributed by atoms with Crippen LogP contribution in [0.4, 0.5) is 0 Å². The molecule has 320 valence electrons. The Labute approximate surface area is 401 Å². The largest absolute Gasteiger partial charge is 0.456 e. The Balaban J connectivity index is 0.860. The zero-order valence-electron chi connectivity index (χ0n) is 37.0. The summed E-state index contributed by atoms with van der Waals surface area (Å²) in [5.74, 6) is 1.85. The molecule has 2 aliphatic carbocycles. The molecule has 2 aliphatic rings. The van der Waals surface area contributed by atoms with E-state index in [4.69, 9.17) is 19.4 Å². The molecule has 0 radical (unpaired) electrons. The van der Waals surface area contributed by atoms with Crippen LogP contribution in [0.5, 0.6) is 0 Å². The molecule has 10 aromatic carbocycles. The molecule has 0 fully saturated rings. The number of fused-ring (bicyclic) bond motifs is 16. The van der Waals surface area contributed by atoms with E-state index in [0.29, 0.717) is 17.5 Å². The molecule has 3 aromatic heterocycles. The first-order valence-corrected chi connectivity index (χ1v) is 24.2. The first-order chi connectivity index (χ1) is 34.2. The van der Waals surface area contributed by atoms with Crippen LogP contribution in [0.2, 0.25) is 0 Å². The van der Waals surface area contributed by atoms with Gasteiger partial charge in [-0.15, -0.1) is 11.3 Å². The molecule has 13 aromatic rings. The zero-order chi connectivity index (χ0) is 45.2. The number of furan rings is 1. The van der Waals surface area contributed by atoms with Crippen molar-refractivity contribution < 1.29 is 4.42 Å². The van der Waals surface area contributed by atoms with Gasteiger partial charge in [-0.25, -0.2) is 15.0 Å². The molecule has 0 N–H and O–H groups in total. The highest BCUT2D eigenvalue weighted by molar-refractivity contribution is 7.25. The van der Waals surface area contributed by atoms with Crippen molar-refractivity contribution in [2.24, 2.45) is 0 Å². The number of hydrogen-bond donors (Lipinski definition) is 0. The molecule has 15 rings (SSSR count). The van der Waals surface area contributed by atoms with Crippen LogP contribution in [-0.4, -0.2) is 15.0 Å². The average molecular weight is 896 g/mol. The molecule has 1 spiro atoms. The fraction of sp³-hybridized carbons (Fsp3) is 0.0156. The number of nitrogens with zero attached hydrogens (tertiary/aromatic N) is 3. The summed E-state index contributed by atoms with van der Waals surface area (Å²) in [4.78, 5) is 15.5. The molecule has 5 heteroatoms. The van der Waals surface area contributed by atoms with Crippen LogP contribution in [0.1, 0.15) is 22.3 Å². The van der Waals surface area contributed by atoms with Crippen LogP contribution < -0.4 is 0 Å². The average Bonchev–Trinajstić information content (AvgIpc) is 4.16. The van der Waals surface area contributed by atoms with Gasteiger partial charge in [-0.3, -0.25) is 0 Å². The molecular weight excluding hydrogens is 859 g/mol. The van der Waals surface area contributed by atoms with Gasteiger partial charge in [0.15, 0.2) is 17.5 Å². The van der Waals surface area contributed by atoms with Gasteiger partial charge < -0.3 is 4.42 Å². The van der Waals surface area contributed by atoms with Crippen LogP contribution in [0.3, 0.4) is 0 Å². The molecule has 0 bridgehead atoms. The number of benzene rings is 10. The molecule has 0 saturated heterocycles. The Morgan fingerprint density at radius 2 is 0.841 bits per heavy atom. The van der Waals surface area contributed by atoms with Crippen LogP contribution >= 0.6 is 11.3 Å². The van der Waals surface area contributed by atoms with Crippen molar-refractivity contribution in [3.05, 3.63) is 247 Å². The van der Waals surface area contributed by atoms with E-state index in [1.165, 1.54) is 75.8 Å². The lowest BCUT2D eigenvalue weighted by Gasteiger charge is -2.30. The fourth-order valence-corrected chi connectivity index (χ4v) is 12.7. The lowest BCUT2D eigenvalue weighted by Crippen LogP contribution is -2.25. The summed E-state index contributed by atoms with van der Waals surface area (Å²) in [5.41, 5.74) is 19.1. The van der Waals surface area contributed by atoms with Gasteiger partial charge in [0.1, 0.15) is 11.2 Å². The Bertz CT molecular complexity index is 4210. The number of thiophene rings is 1. The Kier molecular flexibility index (Phi) is 8.12. The standard InChI is InChI=1S/C64H37N3OS/c1-2-14-38(15-3-1)61-65-62(43-29-32-49-48-21-7-11-27-58(48)69-59(49)37-43)67-63(66-61)50-22-13-26-57-60(50)51-35-41(30-33-56(51)68-57)39-16-12-17-40(34-39)42-28-31-47-46-20-6-10-25-54(46)64(55(47)36-42)52-23-8-4-18-44(52)45-19-5-9-24-53(45)64/h1-37H. The summed E-state index contributed by atoms with van der Waals surface area (Å²) < 4.78 is 9.07. The van der Waals surface area contributed by atoms with Gasteiger partial charge in [-0.05, 0) is 109 Å². The normalized spacial score (nSPS) is 13.0. The third-order valence-corrected chi connectivity index (χ3v) is 15.7. The first-order valence-electron chi connectivity index (χ1n) is 23.4. The third-order valence-electron chi connectivity index (χ3n) is 14.6. The second-order valence-corrected chi connectivity index (χ2v) is 19.3. The summed E-state index contributed by atoms with van der Waals surface area (Å²) in [6, 6.07) is 81.0. The minimum atomic E-state index is -0.397. The molecule has 0 saturated carbocycles. The predicted molar refractivity (Wildman–Crippen MR) is 283 cm³/mol. The molecular formula is C64H37N3OS. The van der Waals surface area contributed by atoms with Gasteiger partial charge in [0.05, 0.1) is 5.41 Å². The maximum atomic E-state index is 6.60. The van der Waals surface area contributed by atoms with Crippen LogP contribution in [0.25, 0.3) is 121 Å². The van der Waals surface area contributed by atoms with Crippen molar-refractivity contribution >= 4 is 53.4 Å². The predicted octanol–water partition coefficient (Wildman–Crippen LogP) is 16.8. The van der Waals surface area contributed by atoms with E-state index in [0.717, 1.165) is 49.8 Å². The van der Waals surface area contributed by atoms with E-state index in [9.17, 15) is 0 Å². The van der Waals surface area contributed by atoms with Crippen LogP contribution in [0, 0.1) is 0 Å². The summed E-state index contributed by atoms with van der Waals surface area (Å²) >= 11 is 1.79. The van der Waals surface area contributed by atoms with E-state index in [1.54, 1.807) is 11.3 Å². The lowest BCUT2D eigenvalue weighted by atomic mass is 9.70. The summed E-state index contributed by atoms with van der Waals surface area (Å²) in [5, 5.41) is 4.48. The van der Waals surface area contributed by atoms with Gasteiger partial charge in [0.25, 0.3) is 0 Å². The van der Waals surface area contributed by atoms with E-state index in [-0.39, 0.29) is 0 Å². The maximum absolute atomic E-state index is 6.60. The van der Waals surface area contributed by atoms with E-state index in [1.807, 2.05) is 30.3 Å². The highest BCUT2D eigenvalue weighted by atomic mass is 32.1. The Morgan fingerprint density at radius 1 is 0.304 bits per heavy atom. The van der Waals surface area contributed by atoms with Crippen LogP contribution in [-0.2, 0) is 5.41 Å². The van der Waals surface area contributed by atoms with E-state index >= 15 is 0 Å². The lowest BCUT2D eigenvalue weighted by molar-refractivity contribution is 0.669. The highest BCUT2D eigenvalue weighted by Crippen LogP contribution is 2.63. The van der Waals surface area contributed by atoms with Gasteiger partial charge in [-0.1, -0.05) is 182 Å². The second kappa shape index (κ2) is 14.6. The van der Waals surface area contributed by atoms with E-state index in [2.05, 4.69) is 194 Å². The molecule has 0 aliphatic heterocycles. The second-order valence-electron chi connectivity index (χ2n) is 18.2. The molecule has 0 amide bonds. The number of rotatable bonds is 5. The number of aromatic nitrogens is 3. The highest BCUT2D eigenvalue weighted by Gasteiger charge is 2.51. The SMILES string of the molecule is c1ccc(-c2nc(-c3ccc4c(c3)sc3ccccc34)nc(-c3cccc4oc5ccc(-c6cccc(-c7ccc8c(c7)C7(c9ccccc9-c9ccccc97)c7ccccc7-8)c6)cc5c34)n2)cc1. The quantitative estimate of drug-likeness (QED) is 0.173. The molecule has 3 heterocycles. The Morgan fingerprint density at radius 3 is 1.59 bits per heavy atom. The Hall–Kier alpha value is -8.77. The minimum absolute atomic E-state index is 0.397. The van der Waals surface area contributed by atoms with Crippen molar-refractivity contribution in [2.45, 2.75) is 5.41 Å². The fourth-order valence-electron chi connectivity index (χ4n) is 11.6. The summed E-state index contributed by atoms with van der Waals surface area (Å²) in [7, 11) is 0. The molecule has 4 nitrogen and oxygen atoms in total. The zero-order valence-corrected chi connectivity index (χ0v) is 37.8. The maximum Gasteiger partial charge on any atom is 0.164 e. The van der Waals surface area contributed by atoms with Gasteiger partial charge in [0.2, 0.25) is 0 Å². The van der Waals surface area contributed by atoms with Crippen molar-refractivity contribution in [3.8, 4) is 78.7 Å². The molecule has 0 atom stereocenters. The topological polar surface area (TPSA) is 51.8 Å². The van der Waals surface area contributed by atoms with Crippen molar-refractivity contribution in [2.75, 3.05) is 0 Å². The van der Waals surface area contributed by atoms with Gasteiger partial charge in [-0.2, -0.15) is 0 Å². The first kappa shape index (κ1) is 38.3. The van der Waals surface area contributed by atoms with Crippen molar-refractivity contribution in [3.63, 3.8) is 0 Å². The van der Waals surface area contributed by atoms with Gasteiger partial charge >= 0.3 is 0 Å². The molecule has 0 unspecified atom stereocenters.